The molecule has 0 unspecified atom stereocenters. The normalized spacial score (nSPS) is 18.1. The van der Waals surface area contributed by atoms with Crippen molar-refractivity contribution in [3.8, 4) is 0 Å². The number of aromatic nitrogens is 2. The van der Waals surface area contributed by atoms with Gasteiger partial charge in [-0.2, -0.15) is 0 Å². The molecule has 1 aliphatic carbocycles. The smallest absolute Gasteiger partial charge is 0.342 e. The zero-order valence-corrected chi connectivity index (χ0v) is 7.69. The zero-order chi connectivity index (χ0) is 10.2. The number of nitrogens with two attached hydrogens (primary N) is 1. The van der Waals surface area contributed by atoms with Gasteiger partial charge >= 0.3 is 5.82 Å². The van der Waals surface area contributed by atoms with Crippen LogP contribution in [0, 0.1) is 15.5 Å². The van der Waals surface area contributed by atoms with Crippen LogP contribution in [-0.4, -0.2) is 21.7 Å². The van der Waals surface area contributed by atoms with Gasteiger partial charge in [0.25, 0.3) is 0 Å². The Hall–Kier alpha value is -1.43. The van der Waals surface area contributed by atoms with E-state index in [-0.39, 0.29) is 11.2 Å². The molecule has 1 heterocycles. The van der Waals surface area contributed by atoms with Crippen LogP contribution in [0.25, 0.3) is 0 Å². The summed E-state index contributed by atoms with van der Waals surface area (Å²) in [6.45, 7) is 0.633. The van der Waals surface area contributed by atoms with Crippen molar-refractivity contribution in [2.75, 3.05) is 6.54 Å². The first-order chi connectivity index (χ1) is 6.65. The molecule has 0 bridgehead atoms. The molecule has 1 saturated carbocycles. The van der Waals surface area contributed by atoms with E-state index in [0.29, 0.717) is 6.54 Å². The molecular formula is C8H12N4O2. The highest BCUT2D eigenvalue weighted by atomic mass is 16.6. The fourth-order valence-electron chi connectivity index (χ4n) is 1.55. The van der Waals surface area contributed by atoms with Gasteiger partial charge in [0.2, 0.25) is 0 Å². The minimum atomic E-state index is -0.474. The highest BCUT2D eigenvalue weighted by Crippen LogP contribution is 2.47. The van der Waals surface area contributed by atoms with Crippen molar-refractivity contribution < 1.29 is 4.92 Å². The maximum Gasteiger partial charge on any atom is 0.342 e. The summed E-state index contributed by atoms with van der Waals surface area (Å²) >= 11 is 0. The van der Waals surface area contributed by atoms with E-state index in [1.807, 2.05) is 0 Å². The number of aromatic amines is 1. The number of H-pyrrole nitrogens is 1. The molecule has 2 rings (SSSR count). The van der Waals surface area contributed by atoms with Crippen LogP contribution in [0.1, 0.15) is 18.5 Å². The SMILES string of the molecule is NCC1(Cc2cc([N+](=O)[O-])[nH]n2)CC1. The van der Waals surface area contributed by atoms with Crippen LogP contribution in [0.2, 0.25) is 0 Å². The molecule has 6 heteroatoms. The van der Waals surface area contributed by atoms with E-state index in [9.17, 15) is 10.1 Å². The summed E-state index contributed by atoms with van der Waals surface area (Å²) < 4.78 is 0. The van der Waals surface area contributed by atoms with E-state index in [0.717, 1.165) is 25.0 Å². The third-order valence-electron chi connectivity index (χ3n) is 2.76. The lowest BCUT2D eigenvalue weighted by Crippen LogP contribution is -2.18. The molecule has 1 aromatic heterocycles. The van der Waals surface area contributed by atoms with Gasteiger partial charge in [-0.15, -0.1) is 5.10 Å². The molecular weight excluding hydrogens is 184 g/mol. The molecule has 0 amide bonds. The van der Waals surface area contributed by atoms with E-state index < -0.39 is 4.92 Å². The molecule has 0 radical (unpaired) electrons. The minimum absolute atomic E-state index is 0.0483. The molecule has 14 heavy (non-hydrogen) atoms. The van der Waals surface area contributed by atoms with Crippen molar-refractivity contribution in [1.82, 2.24) is 10.2 Å². The summed E-state index contributed by atoms with van der Waals surface area (Å²) in [7, 11) is 0. The number of hydrogen-bond acceptors (Lipinski definition) is 4. The van der Waals surface area contributed by atoms with Crippen LogP contribution in [0.3, 0.4) is 0 Å². The topological polar surface area (TPSA) is 97.8 Å². The second-order valence-electron chi connectivity index (χ2n) is 3.88. The first-order valence-electron chi connectivity index (χ1n) is 4.54. The van der Waals surface area contributed by atoms with Gasteiger partial charge in [0, 0.05) is 6.42 Å². The van der Waals surface area contributed by atoms with Crippen LogP contribution in [0.5, 0.6) is 0 Å². The minimum Gasteiger partial charge on any atom is -0.358 e. The van der Waals surface area contributed by atoms with Gasteiger partial charge in [0.15, 0.2) is 0 Å². The zero-order valence-electron chi connectivity index (χ0n) is 7.69. The summed E-state index contributed by atoms with van der Waals surface area (Å²) in [4.78, 5) is 9.90. The van der Waals surface area contributed by atoms with Crippen molar-refractivity contribution in [3.63, 3.8) is 0 Å². The number of rotatable bonds is 4. The average Bonchev–Trinajstić information content (AvgIpc) is 2.75. The highest BCUT2D eigenvalue weighted by molar-refractivity contribution is 5.22. The Bertz CT molecular complexity index is 356. The van der Waals surface area contributed by atoms with Crippen molar-refractivity contribution >= 4 is 5.82 Å². The second-order valence-corrected chi connectivity index (χ2v) is 3.88. The highest BCUT2D eigenvalue weighted by Gasteiger charge is 2.42. The van der Waals surface area contributed by atoms with E-state index >= 15 is 0 Å². The maximum atomic E-state index is 10.4. The van der Waals surface area contributed by atoms with Gasteiger partial charge in [0.1, 0.15) is 0 Å². The largest absolute Gasteiger partial charge is 0.358 e. The van der Waals surface area contributed by atoms with Gasteiger partial charge < -0.3 is 15.8 Å². The third-order valence-corrected chi connectivity index (χ3v) is 2.76. The molecule has 76 valence electrons. The summed E-state index contributed by atoms with van der Waals surface area (Å²) in [6.07, 6.45) is 2.95. The Kier molecular flexibility index (Phi) is 1.99. The average molecular weight is 196 g/mol. The van der Waals surface area contributed by atoms with Crippen molar-refractivity contribution in [3.05, 3.63) is 21.9 Å². The molecule has 0 aromatic carbocycles. The van der Waals surface area contributed by atoms with Crippen LogP contribution < -0.4 is 5.73 Å². The first kappa shape index (κ1) is 9.14. The Morgan fingerprint density at radius 2 is 2.43 bits per heavy atom. The van der Waals surface area contributed by atoms with Gasteiger partial charge in [0.05, 0.1) is 11.8 Å². The summed E-state index contributed by atoms with van der Waals surface area (Å²) in [5.41, 5.74) is 6.52. The molecule has 0 spiro atoms. The molecule has 1 fully saturated rings. The number of hydrogen-bond donors (Lipinski definition) is 2. The molecule has 6 nitrogen and oxygen atoms in total. The lowest BCUT2D eigenvalue weighted by Gasteiger charge is -2.07. The van der Waals surface area contributed by atoms with Crippen LogP contribution >= 0.6 is 0 Å². The van der Waals surface area contributed by atoms with E-state index in [4.69, 9.17) is 5.73 Å². The van der Waals surface area contributed by atoms with Crippen LogP contribution in [0.15, 0.2) is 6.07 Å². The first-order valence-corrected chi connectivity index (χ1v) is 4.54. The number of nitrogens with one attached hydrogen (secondary N) is 1. The van der Waals surface area contributed by atoms with Crippen molar-refractivity contribution in [2.45, 2.75) is 19.3 Å². The Balaban J connectivity index is 2.07. The van der Waals surface area contributed by atoms with Gasteiger partial charge in [-0.1, -0.05) is 5.10 Å². The summed E-state index contributed by atoms with van der Waals surface area (Å²) in [5.74, 6) is -0.0483. The molecule has 0 saturated heterocycles. The van der Waals surface area contributed by atoms with Crippen molar-refractivity contribution in [2.24, 2.45) is 11.1 Å². The molecule has 0 aliphatic heterocycles. The number of nitrogens with zero attached hydrogens (tertiary/aromatic N) is 2. The van der Waals surface area contributed by atoms with Gasteiger partial charge in [-0.3, -0.25) is 0 Å². The Labute approximate surface area is 80.6 Å². The van der Waals surface area contributed by atoms with Gasteiger partial charge in [-0.25, -0.2) is 0 Å². The van der Waals surface area contributed by atoms with Crippen LogP contribution in [-0.2, 0) is 6.42 Å². The molecule has 1 aliphatic rings. The maximum absolute atomic E-state index is 10.4. The summed E-state index contributed by atoms with van der Waals surface area (Å²) in [5, 5.41) is 16.7. The van der Waals surface area contributed by atoms with E-state index in [1.54, 1.807) is 0 Å². The fourth-order valence-corrected chi connectivity index (χ4v) is 1.55. The predicted octanol–water partition coefficient (Wildman–Crippen LogP) is 0.599. The standard InChI is InChI=1S/C8H12N4O2/c9-5-8(1-2-8)4-6-3-7(11-10-6)12(13)14/h3H,1-2,4-5,9H2,(H,10,11). The third kappa shape index (κ3) is 1.60. The predicted molar refractivity (Wildman–Crippen MR) is 49.7 cm³/mol. The lowest BCUT2D eigenvalue weighted by molar-refractivity contribution is -0.389. The molecule has 1 aromatic rings. The Morgan fingerprint density at radius 1 is 1.71 bits per heavy atom. The quantitative estimate of drug-likeness (QED) is 0.544. The second kappa shape index (κ2) is 3.06. The number of nitro groups is 1. The monoisotopic (exact) mass is 196 g/mol. The van der Waals surface area contributed by atoms with Gasteiger partial charge in [-0.05, 0) is 29.7 Å². The van der Waals surface area contributed by atoms with E-state index in [1.165, 1.54) is 6.07 Å². The molecule has 0 atom stereocenters. The van der Waals surface area contributed by atoms with E-state index in [2.05, 4.69) is 10.2 Å². The fraction of sp³-hybridized carbons (Fsp3) is 0.625. The van der Waals surface area contributed by atoms with Crippen molar-refractivity contribution in [1.29, 1.82) is 0 Å². The summed E-state index contributed by atoms with van der Waals surface area (Å²) in [6, 6.07) is 1.48. The Morgan fingerprint density at radius 3 is 2.86 bits per heavy atom. The molecule has 3 N–H and O–H groups in total. The van der Waals surface area contributed by atoms with Crippen LogP contribution in [0.4, 0.5) is 5.82 Å². The lowest BCUT2D eigenvalue weighted by atomic mass is 10.0.